The van der Waals surface area contributed by atoms with Crippen LogP contribution in [0.15, 0.2) is 65.6 Å². The summed E-state index contributed by atoms with van der Waals surface area (Å²) in [5.74, 6) is -0.698. The number of carbonyl (C=O) groups is 1. The Balaban J connectivity index is 1.48. The van der Waals surface area contributed by atoms with Gasteiger partial charge in [-0.3, -0.25) is 9.52 Å². The first-order valence-corrected chi connectivity index (χ1v) is 11.9. The standard InChI is InChI=1S/C24H18F3N3O3S/c25-24(26,27)17-6-8-19(21(31)29-23-11-22(12-23,13-23)14-28)20(10-17)30-34(32,33)18-7-5-15-3-1-2-4-16(15)9-18/h1-10,30H,11-13H2,(H,29,31). The molecule has 3 aliphatic rings. The van der Waals surface area contributed by atoms with Gasteiger partial charge in [0.05, 0.1) is 33.2 Å². The minimum Gasteiger partial charge on any atom is -0.346 e. The monoisotopic (exact) mass is 485 g/mol. The smallest absolute Gasteiger partial charge is 0.346 e. The first kappa shape index (κ1) is 22.2. The summed E-state index contributed by atoms with van der Waals surface area (Å²) in [6, 6.07) is 15.9. The number of hydrogen-bond acceptors (Lipinski definition) is 4. The Hall–Kier alpha value is -3.58. The first-order chi connectivity index (χ1) is 15.9. The van der Waals surface area contributed by atoms with Crippen LogP contribution in [0.4, 0.5) is 18.9 Å². The second kappa shape index (κ2) is 7.21. The molecule has 3 fully saturated rings. The number of fused-ring (bicyclic) bond motifs is 1. The molecule has 3 aliphatic carbocycles. The maximum atomic E-state index is 13.3. The fraction of sp³-hybridized carbons (Fsp3) is 0.250. The number of hydrogen-bond donors (Lipinski definition) is 2. The number of alkyl halides is 3. The third-order valence-corrected chi connectivity index (χ3v) is 7.88. The molecule has 0 unspecified atom stereocenters. The van der Waals surface area contributed by atoms with Gasteiger partial charge in [-0.2, -0.15) is 18.4 Å². The highest BCUT2D eigenvalue weighted by Crippen LogP contribution is 2.66. The van der Waals surface area contributed by atoms with Gasteiger partial charge in [-0.25, -0.2) is 8.42 Å². The molecule has 3 saturated carbocycles. The molecule has 1 amide bonds. The van der Waals surface area contributed by atoms with Crippen molar-refractivity contribution in [3.05, 3.63) is 71.8 Å². The zero-order valence-corrected chi connectivity index (χ0v) is 18.4. The van der Waals surface area contributed by atoms with E-state index in [4.69, 9.17) is 5.26 Å². The molecule has 0 atom stereocenters. The van der Waals surface area contributed by atoms with Gasteiger partial charge in [0.15, 0.2) is 0 Å². The zero-order chi connectivity index (χ0) is 24.4. The lowest BCUT2D eigenvalue weighted by molar-refractivity contribution is -0.137. The van der Waals surface area contributed by atoms with Crippen LogP contribution in [0.3, 0.4) is 0 Å². The summed E-state index contributed by atoms with van der Waals surface area (Å²) in [5.41, 5.74) is -2.79. The van der Waals surface area contributed by atoms with Crippen molar-refractivity contribution in [2.75, 3.05) is 4.72 Å². The number of nitrogens with zero attached hydrogens (tertiary/aromatic N) is 1. The topological polar surface area (TPSA) is 99.1 Å². The van der Waals surface area contributed by atoms with Crippen molar-refractivity contribution in [3.63, 3.8) is 0 Å². The van der Waals surface area contributed by atoms with Crippen LogP contribution >= 0.6 is 0 Å². The Labute approximate surface area is 193 Å². The summed E-state index contributed by atoms with van der Waals surface area (Å²) < 4.78 is 68.3. The summed E-state index contributed by atoms with van der Waals surface area (Å²) in [5, 5.41) is 13.4. The van der Waals surface area contributed by atoms with Crippen LogP contribution in [0.1, 0.15) is 35.2 Å². The first-order valence-electron chi connectivity index (χ1n) is 10.4. The van der Waals surface area contributed by atoms with Crippen molar-refractivity contribution in [2.24, 2.45) is 5.41 Å². The lowest BCUT2D eigenvalue weighted by Crippen LogP contribution is -2.74. The SMILES string of the molecule is N#CC12CC(NC(=O)c3ccc(C(F)(F)F)cc3NS(=O)(=O)c3ccc4ccccc4c3)(C1)C2. The number of benzene rings is 3. The average molecular weight is 485 g/mol. The Kier molecular flexibility index (Phi) is 4.71. The molecular formula is C24H18F3N3O3S. The number of halogens is 3. The molecule has 3 aromatic carbocycles. The minimum absolute atomic E-state index is 0.148. The molecular weight excluding hydrogens is 467 g/mol. The van der Waals surface area contributed by atoms with Crippen molar-refractivity contribution in [2.45, 2.75) is 35.9 Å². The van der Waals surface area contributed by atoms with Crippen molar-refractivity contribution in [1.29, 1.82) is 5.26 Å². The predicted molar refractivity (Wildman–Crippen MR) is 118 cm³/mol. The van der Waals surface area contributed by atoms with E-state index in [1.165, 1.54) is 12.1 Å². The van der Waals surface area contributed by atoms with E-state index in [9.17, 15) is 26.4 Å². The van der Waals surface area contributed by atoms with Crippen LogP contribution in [0, 0.1) is 16.7 Å². The van der Waals surface area contributed by atoms with Crippen molar-refractivity contribution in [1.82, 2.24) is 5.32 Å². The van der Waals surface area contributed by atoms with E-state index in [1.807, 2.05) is 0 Å². The van der Waals surface area contributed by atoms with Crippen molar-refractivity contribution >= 4 is 32.4 Å². The van der Waals surface area contributed by atoms with Gasteiger partial charge >= 0.3 is 6.18 Å². The quantitative estimate of drug-likeness (QED) is 0.541. The second-order valence-corrected chi connectivity index (χ2v) is 10.7. The van der Waals surface area contributed by atoms with E-state index in [-0.39, 0.29) is 10.5 Å². The highest BCUT2D eigenvalue weighted by atomic mass is 32.2. The van der Waals surface area contributed by atoms with Crippen LogP contribution in [0.2, 0.25) is 0 Å². The zero-order valence-electron chi connectivity index (χ0n) is 17.6. The molecule has 6 rings (SSSR count). The molecule has 174 valence electrons. The number of nitriles is 1. The summed E-state index contributed by atoms with van der Waals surface area (Å²) >= 11 is 0. The maximum Gasteiger partial charge on any atom is 0.416 e. The van der Waals surface area contributed by atoms with Gasteiger partial charge in [-0.1, -0.05) is 30.3 Å². The van der Waals surface area contributed by atoms with Crippen LogP contribution in [-0.2, 0) is 16.2 Å². The lowest BCUT2D eigenvalue weighted by Gasteiger charge is -2.66. The van der Waals surface area contributed by atoms with Gasteiger partial charge in [0.25, 0.3) is 15.9 Å². The largest absolute Gasteiger partial charge is 0.416 e. The van der Waals surface area contributed by atoms with E-state index < -0.39 is 44.3 Å². The van der Waals surface area contributed by atoms with Crippen molar-refractivity contribution in [3.8, 4) is 6.07 Å². The van der Waals surface area contributed by atoms with E-state index >= 15 is 0 Å². The second-order valence-electron chi connectivity index (χ2n) is 9.03. The number of anilines is 1. The molecule has 2 N–H and O–H groups in total. The van der Waals surface area contributed by atoms with Gasteiger partial charge in [0, 0.05) is 5.54 Å². The third-order valence-electron chi connectivity index (χ3n) is 6.51. The van der Waals surface area contributed by atoms with Crippen LogP contribution in [0.5, 0.6) is 0 Å². The average Bonchev–Trinajstić information content (AvgIpc) is 2.73. The number of sulfonamides is 1. The molecule has 0 spiro atoms. The summed E-state index contributed by atoms with van der Waals surface area (Å²) in [4.78, 5) is 12.8. The molecule has 0 aromatic heterocycles. The Morgan fingerprint density at radius 1 is 0.971 bits per heavy atom. The molecule has 0 heterocycles. The molecule has 34 heavy (non-hydrogen) atoms. The molecule has 0 radical (unpaired) electrons. The van der Waals surface area contributed by atoms with Crippen molar-refractivity contribution < 1.29 is 26.4 Å². The van der Waals surface area contributed by atoms with Gasteiger partial charge in [0.2, 0.25) is 0 Å². The molecule has 0 aliphatic heterocycles. The van der Waals surface area contributed by atoms with E-state index in [0.29, 0.717) is 30.7 Å². The number of nitrogens with one attached hydrogen (secondary N) is 2. The highest BCUT2D eigenvalue weighted by Gasteiger charge is 2.69. The normalized spacial score (nSPS) is 23.4. The molecule has 0 saturated heterocycles. The number of carbonyl (C=O) groups excluding carboxylic acids is 1. The number of rotatable bonds is 5. The van der Waals surface area contributed by atoms with Crippen LogP contribution in [0.25, 0.3) is 10.8 Å². The van der Waals surface area contributed by atoms with Gasteiger partial charge < -0.3 is 5.32 Å². The van der Waals surface area contributed by atoms with Gasteiger partial charge in [0.1, 0.15) is 0 Å². The third kappa shape index (κ3) is 3.66. The van der Waals surface area contributed by atoms with E-state index in [0.717, 1.165) is 17.5 Å². The summed E-state index contributed by atoms with van der Waals surface area (Å²) in [7, 11) is -4.30. The van der Waals surface area contributed by atoms with Crippen LogP contribution < -0.4 is 10.0 Å². The lowest BCUT2D eigenvalue weighted by atomic mass is 9.40. The Morgan fingerprint density at radius 2 is 1.65 bits per heavy atom. The fourth-order valence-electron chi connectivity index (χ4n) is 4.89. The summed E-state index contributed by atoms with van der Waals surface area (Å²) in [6.45, 7) is 0. The Bertz CT molecular complexity index is 1470. The molecule has 6 nitrogen and oxygen atoms in total. The summed E-state index contributed by atoms with van der Waals surface area (Å²) in [6.07, 6.45) is -3.31. The van der Waals surface area contributed by atoms with E-state index in [1.54, 1.807) is 30.3 Å². The predicted octanol–water partition coefficient (Wildman–Crippen LogP) is 4.84. The highest BCUT2D eigenvalue weighted by molar-refractivity contribution is 7.92. The number of amides is 1. The molecule has 3 aromatic rings. The van der Waals surface area contributed by atoms with E-state index in [2.05, 4.69) is 16.1 Å². The minimum atomic E-state index is -4.73. The molecule has 2 bridgehead atoms. The van der Waals surface area contributed by atoms with Gasteiger partial charge in [-0.05, 0) is 60.4 Å². The molecule has 10 heteroatoms. The van der Waals surface area contributed by atoms with Gasteiger partial charge in [-0.15, -0.1) is 0 Å². The Morgan fingerprint density at radius 3 is 2.29 bits per heavy atom. The van der Waals surface area contributed by atoms with Crippen LogP contribution in [-0.4, -0.2) is 19.9 Å². The maximum absolute atomic E-state index is 13.3. The fourth-order valence-corrected chi connectivity index (χ4v) is 5.99.